The van der Waals surface area contributed by atoms with E-state index in [0.717, 1.165) is 106 Å². The number of rotatable bonds is 5. The quantitative estimate of drug-likeness (QED) is 0.172. The highest BCUT2D eigenvalue weighted by Crippen LogP contribution is 2.55. The van der Waals surface area contributed by atoms with Crippen molar-refractivity contribution < 1.29 is 13.9 Å². The average molecular weight is 816 g/mol. The molecule has 0 saturated carbocycles. The summed E-state index contributed by atoms with van der Waals surface area (Å²) in [6, 6.07) is 60.4. The van der Waals surface area contributed by atoms with Crippen molar-refractivity contribution in [3.05, 3.63) is 198 Å². The van der Waals surface area contributed by atoms with Crippen LogP contribution in [0.3, 0.4) is 0 Å². The maximum Gasteiger partial charge on any atom is 0.164 e. The Morgan fingerprint density at radius 3 is 1.46 bits per heavy atom. The number of ether oxygens (including phenoxy) is 2. The van der Waals surface area contributed by atoms with Gasteiger partial charge in [-0.05, 0) is 35.9 Å². The van der Waals surface area contributed by atoms with E-state index in [9.17, 15) is 0 Å². The number of hydrogen-bond acceptors (Lipinski definition) is 6. The maximum absolute atomic E-state index is 7.07. The lowest BCUT2D eigenvalue weighted by Crippen LogP contribution is -2.24. The minimum atomic E-state index is -0.311. The number of aromatic nitrogens is 3. The molecule has 12 rings (SSSR count). The van der Waals surface area contributed by atoms with Crippen LogP contribution in [-0.2, 0) is 10.8 Å². The van der Waals surface area contributed by atoms with Gasteiger partial charge in [0.1, 0.15) is 34.2 Å². The first kappa shape index (κ1) is 37.0. The molecule has 63 heavy (non-hydrogen) atoms. The molecule has 0 unspecified atom stereocenters. The van der Waals surface area contributed by atoms with E-state index < -0.39 is 0 Å². The molecule has 0 fully saturated rings. The van der Waals surface area contributed by atoms with Crippen LogP contribution in [0.25, 0.3) is 78.4 Å². The molecular weight excluding hydrogens is 775 g/mol. The Labute approximate surface area is 365 Å². The second-order valence-corrected chi connectivity index (χ2v) is 17.5. The smallest absolute Gasteiger partial charge is 0.164 e. The van der Waals surface area contributed by atoms with E-state index in [2.05, 4.69) is 119 Å². The van der Waals surface area contributed by atoms with Crippen LogP contribution < -0.4 is 9.47 Å². The van der Waals surface area contributed by atoms with Crippen molar-refractivity contribution in [1.82, 2.24) is 15.0 Å². The molecule has 0 aliphatic carbocycles. The van der Waals surface area contributed by atoms with Crippen LogP contribution in [0.15, 0.2) is 180 Å². The lowest BCUT2D eigenvalue weighted by atomic mass is 9.74. The highest BCUT2D eigenvalue weighted by atomic mass is 16.5. The molecule has 0 bridgehead atoms. The summed E-state index contributed by atoms with van der Waals surface area (Å²) in [4.78, 5) is 15.4. The zero-order valence-electron chi connectivity index (χ0n) is 35.3. The third kappa shape index (κ3) is 5.75. The Morgan fingerprint density at radius 2 is 0.857 bits per heavy atom. The molecule has 6 heteroatoms. The Morgan fingerprint density at radius 1 is 0.381 bits per heavy atom. The van der Waals surface area contributed by atoms with Gasteiger partial charge in [-0.3, -0.25) is 0 Å². The first-order chi connectivity index (χ1) is 30.7. The fourth-order valence-electron chi connectivity index (χ4n) is 9.77. The van der Waals surface area contributed by atoms with Gasteiger partial charge in [-0.1, -0.05) is 173 Å². The molecule has 0 radical (unpaired) electrons. The second-order valence-electron chi connectivity index (χ2n) is 17.5. The molecule has 10 aromatic rings. The molecule has 0 amide bonds. The van der Waals surface area contributed by atoms with Crippen LogP contribution in [0.4, 0.5) is 0 Å². The summed E-state index contributed by atoms with van der Waals surface area (Å²) in [5.74, 6) is 5.13. The van der Waals surface area contributed by atoms with E-state index in [-0.39, 0.29) is 10.8 Å². The molecule has 0 atom stereocenters. The van der Waals surface area contributed by atoms with E-state index in [1.165, 1.54) is 0 Å². The highest BCUT2D eigenvalue weighted by molar-refractivity contribution is 6.16. The third-order valence-corrected chi connectivity index (χ3v) is 13.1. The average Bonchev–Trinajstić information content (AvgIpc) is 3.71. The first-order valence-corrected chi connectivity index (χ1v) is 21.4. The van der Waals surface area contributed by atoms with Gasteiger partial charge in [0.15, 0.2) is 17.5 Å². The van der Waals surface area contributed by atoms with E-state index in [1.54, 1.807) is 0 Å². The first-order valence-electron chi connectivity index (χ1n) is 21.4. The Balaban J connectivity index is 1.15. The van der Waals surface area contributed by atoms with E-state index in [4.69, 9.17) is 28.8 Å². The molecule has 6 nitrogen and oxygen atoms in total. The zero-order valence-corrected chi connectivity index (χ0v) is 35.3. The van der Waals surface area contributed by atoms with E-state index in [1.807, 2.05) is 84.9 Å². The minimum Gasteiger partial charge on any atom is -0.456 e. The van der Waals surface area contributed by atoms with Crippen LogP contribution in [0.5, 0.6) is 23.0 Å². The molecule has 0 spiro atoms. The topological polar surface area (TPSA) is 70.3 Å². The summed E-state index contributed by atoms with van der Waals surface area (Å²) in [5, 5.41) is 1.84. The predicted molar refractivity (Wildman–Crippen MR) is 252 cm³/mol. The summed E-state index contributed by atoms with van der Waals surface area (Å²) < 4.78 is 20.9. The van der Waals surface area contributed by atoms with E-state index >= 15 is 0 Å². The van der Waals surface area contributed by atoms with Gasteiger partial charge in [0.25, 0.3) is 0 Å². The lowest BCUT2D eigenvalue weighted by Gasteiger charge is -2.36. The van der Waals surface area contributed by atoms with Crippen molar-refractivity contribution >= 4 is 21.9 Å². The number of benzene rings is 8. The van der Waals surface area contributed by atoms with Gasteiger partial charge in [-0.15, -0.1) is 0 Å². The molecule has 0 N–H and O–H groups in total. The fraction of sp³-hybridized carbons (Fsp3) is 0.105. The highest BCUT2D eigenvalue weighted by Gasteiger charge is 2.38. The van der Waals surface area contributed by atoms with Crippen LogP contribution in [0, 0.1) is 0 Å². The lowest BCUT2D eigenvalue weighted by molar-refractivity contribution is 0.419. The van der Waals surface area contributed by atoms with Crippen LogP contribution in [0.2, 0.25) is 0 Å². The molecular formula is C57H41N3O3. The summed E-state index contributed by atoms with van der Waals surface area (Å²) in [5.41, 5.74) is 11.9. The molecule has 2 aliphatic heterocycles. The van der Waals surface area contributed by atoms with Gasteiger partial charge in [0.05, 0.1) is 0 Å². The van der Waals surface area contributed by atoms with Gasteiger partial charge >= 0.3 is 0 Å². The van der Waals surface area contributed by atoms with Crippen LogP contribution in [-0.4, -0.2) is 15.0 Å². The number of nitrogens with zero attached hydrogens (tertiary/aromatic N) is 3. The van der Waals surface area contributed by atoms with Gasteiger partial charge in [0.2, 0.25) is 0 Å². The van der Waals surface area contributed by atoms with Crippen LogP contribution in [0.1, 0.15) is 49.9 Å². The number of para-hydroxylation sites is 4. The van der Waals surface area contributed by atoms with Crippen molar-refractivity contribution in [2.75, 3.05) is 0 Å². The molecule has 0 saturated heterocycles. The normalized spacial score (nSPS) is 14.2. The number of hydrogen-bond donors (Lipinski definition) is 0. The van der Waals surface area contributed by atoms with E-state index in [0.29, 0.717) is 17.5 Å². The molecule has 2 aliphatic rings. The Bertz CT molecular complexity index is 3400. The SMILES string of the molecule is CC1(C)c2ccccc2Oc2c(-c3cc(-c4cccc5c4Oc4ccccc4C5(C)C)c4oc5cccc(-c6nc(-c7ccccc7)nc(-c7ccccc7)n6)c5c4c3)cccc21. The summed E-state index contributed by atoms with van der Waals surface area (Å²) in [6.45, 7) is 9.09. The van der Waals surface area contributed by atoms with Crippen molar-refractivity contribution in [2.45, 2.75) is 38.5 Å². The maximum atomic E-state index is 7.07. The predicted octanol–water partition coefficient (Wildman–Crippen LogP) is 15.0. The fourth-order valence-corrected chi connectivity index (χ4v) is 9.77. The molecule has 4 heterocycles. The Kier molecular flexibility index (Phi) is 8.13. The van der Waals surface area contributed by atoms with Crippen LogP contribution >= 0.6 is 0 Å². The van der Waals surface area contributed by atoms with Gasteiger partial charge < -0.3 is 13.9 Å². The monoisotopic (exact) mass is 815 g/mol. The second kappa shape index (κ2) is 13.8. The third-order valence-electron chi connectivity index (χ3n) is 13.1. The summed E-state index contributed by atoms with van der Waals surface area (Å²) in [7, 11) is 0. The number of fused-ring (bicyclic) bond motifs is 7. The molecule has 302 valence electrons. The summed E-state index contributed by atoms with van der Waals surface area (Å²) >= 11 is 0. The largest absolute Gasteiger partial charge is 0.456 e. The van der Waals surface area contributed by atoms with Gasteiger partial charge in [-0.2, -0.15) is 0 Å². The zero-order chi connectivity index (χ0) is 42.5. The van der Waals surface area contributed by atoms with Crippen molar-refractivity contribution in [1.29, 1.82) is 0 Å². The number of furan rings is 1. The van der Waals surface area contributed by atoms with Gasteiger partial charge in [-0.25, -0.2) is 15.0 Å². The summed E-state index contributed by atoms with van der Waals surface area (Å²) in [6.07, 6.45) is 0. The molecule has 8 aromatic carbocycles. The standard InChI is InChI=1S/C57H41N3O3/c1-56(2)42-25-11-13-29-46(42)61-51-37(22-15-27-44(51)56)36-32-40(38-23-16-28-45-52(38)62-47-30-14-12-26-43(47)57(45,3)4)50-41(33-36)49-39(24-17-31-48(49)63-50)55-59-53(34-18-7-5-8-19-34)58-54(60-55)35-20-9-6-10-21-35/h5-33H,1-4H3. The van der Waals surface area contributed by atoms with Crippen molar-refractivity contribution in [2.24, 2.45) is 0 Å². The van der Waals surface area contributed by atoms with Crippen molar-refractivity contribution in [3.63, 3.8) is 0 Å². The van der Waals surface area contributed by atoms with Crippen molar-refractivity contribution in [3.8, 4) is 79.4 Å². The molecule has 2 aromatic heterocycles. The Hall–Kier alpha value is -7.83. The van der Waals surface area contributed by atoms with Gasteiger partial charge in [0, 0.05) is 77.2 Å². The minimum absolute atomic E-state index is 0.292.